The molecule has 0 spiro atoms. The van der Waals surface area contributed by atoms with E-state index in [1.807, 2.05) is 0 Å². The van der Waals surface area contributed by atoms with Crippen molar-refractivity contribution >= 4 is 41.6 Å². The number of nitrogens with zero attached hydrogens (tertiary/aromatic N) is 1. The van der Waals surface area contributed by atoms with Gasteiger partial charge < -0.3 is 10.5 Å². The van der Waals surface area contributed by atoms with E-state index in [0.29, 0.717) is 5.56 Å². The smallest absolute Gasteiger partial charge is 0.391 e. The summed E-state index contributed by atoms with van der Waals surface area (Å²) < 4.78 is 40.7. The molecule has 1 atom stereocenters. The van der Waals surface area contributed by atoms with Gasteiger partial charge in [0.15, 0.2) is 0 Å². The third-order valence-electron chi connectivity index (χ3n) is 1.96. The fourth-order valence-corrected chi connectivity index (χ4v) is 1.70. The van der Waals surface area contributed by atoms with E-state index < -0.39 is 24.6 Å². The Hall–Kier alpha value is -0.760. The van der Waals surface area contributed by atoms with Crippen molar-refractivity contribution in [1.82, 2.24) is 4.98 Å². The lowest BCUT2D eigenvalue weighted by Gasteiger charge is -2.13. The summed E-state index contributed by atoms with van der Waals surface area (Å²) in [5.41, 5.74) is 5.47. The number of pyridine rings is 1. The molecule has 0 aliphatic heterocycles. The fourth-order valence-electron chi connectivity index (χ4n) is 1.19. The highest BCUT2D eigenvalue weighted by atomic mass is 35.5. The minimum atomic E-state index is -4.53. The number of carbonyl (C=O) groups excluding carboxylic acids is 1. The molecule has 1 rings (SSSR count). The maximum atomic E-state index is 12.0. The predicted octanol–water partition coefficient (Wildman–Crippen LogP) is 3.13. The van der Waals surface area contributed by atoms with Crippen molar-refractivity contribution in [1.29, 1.82) is 0 Å². The zero-order valence-electron chi connectivity index (χ0n) is 9.79. The SMILES string of the molecule is Cl.N[C@@H](CC(F)(F)F)C(=O)OCc1cc(Cl)nc(Cl)c1. The lowest BCUT2D eigenvalue weighted by molar-refractivity contribution is -0.161. The average Bonchev–Trinajstić information content (AvgIpc) is 2.22. The van der Waals surface area contributed by atoms with Gasteiger partial charge in [0.2, 0.25) is 0 Å². The second-order valence-corrected chi connectivity index (χ2v) is 4.43. The summed E-state index contributed by atoms with van der Waals surface area (Å²) in [4.78, 5) is 14.9. The molecule has 0 unspecified atom stereocenters. The molecule has 0 fully saturated rings. The van der Waals surface area contributed by atoms with Gasteiger partial charge in [-0.2, -0.15) is 13.2 Å². The van der Waals surface area contributed by atoms with Crippen molar-refractivity contribution in [2.75, 3.05) is 0 Å². The molecule has 20 heavy (non-hydrogen) atoms. The first kappa shape index (κ1) is 19.2. The Morgan fingerprint density at radius 2 is 1.85 bits per heavy atom. The molecule has 1 heterocycles. The molecule has 10 heteroatoms. The van der Waals surface area contributed by atoms with Gasteiger partial charge in [0.25, 0.3) is 0 Å². The van der Waals surface area contributed by atoms with E-state index in [2.05, 4.69) is 9.72 Å². The molecule has 0 saturated heterocycles. The van der Waals surface area contributed by atoms with Crippen LogP contribution in [0.3, 0.4) is 0 Å². The van der Waals surface area contributed by atoms with Gasteiger partial charge in [-0.1, -0.05) is 23.2 Å². The number of esters is 1. The molecule has 0 aromatic carbocycles. The molecule has 1 aromatic heterocycles. The van der Waals surface area contributed by atoms with Crippen molar-refractivity contribution < 1.29 is 22.7 Å². The van der Waals surface area contributed by atoms with Gasteiger partial charge >= 0.3 is 12.1 Å². The number of carbonyl (C=O) groups is 1. The monoisotopic (exact) mass is 352 g/mol. The zero-order chi connectivity index (χ0) is 14.6. The number of hydrogen-bond acceptors (Lipinski definition) is 4. The van der Waals surface area contributed by atoms with Crippen molar-refractivity contribution in [3.63, 3.8) is 0 Å². The van der Waals surface area contributed by atoms with Gasteiger partial charge in [-0.15, -0.1) is 12.4 Å². The lowest BCUT2D eigenvalue weighted by atomic mass is 10.2. The third-order valence-corrected chi connectivity index (χ3v) is 2.35. The van der Waals surface area contributed by atoms with Gasteiger partial charge in [-0.05, 0) is 17.7 Å². The first-order valence-electron chi connectivity index (χ1n) is 4.98. The second kappa shape index (κ2) is 7.87. The quantitative estimate of drug-likeness (QED) is 0.667. The number of halogens is 6. The first-order chi connectivity index (χ1) is 8.67. The Balaban J connectivity index is 0.00000361. The minimum absolute atomic E-state index is 0. The molecule has 0 bridgehead atoms. The summed E-state index contributed by atoms with van der Waals surface area (Å²) in [6.45, 7) is -0.285. The Labute approximate surface area is 128 Å². The standard InChI is InChI=1S/C10H9Cl2F3N2O2.ClH/c11-7-1-5(2-8(12)17-7)4-19-9(18)6(16)3-10(13,14)15;/h1-2,6H,3-4,16H2;1H/t6-;/m0./s1. The molecule has 0 amide bonds. The van der Waals surface area contributed by atoms with Crippen LogP contribution in [0.2, 0.25) is 10.3 Å². The van der Waals surface area contributed by atoms with Gasteiger partial charge in [0.1, 0.15) is 23.0 Å². The Kier molecular flexibility index (Phi) is 7.57. The normalized spacial score (nSPS) is 12.5. The van der Waals surface area contributed by atoms with E-state index in [9.17, 15) is 18.0 Å². The molecular weight excluding hydrogens is 343 g/mol. The summed E-state index contributed by atoms with van der Waals surface area (Å²) in [6, 6.07) is 0.985. The highest BCUT2D eigenvalue weighted by Gasteiger charge is 2.34. The van der Waals surface area contributed by atoms with Gasteiger partial charge in [-0.25, -0.2) is 4.98 Å². The van der Waals surface area contributed by atoms with E-state index >= 15 is 0 Å². The second-order valence-electron chi connectivity index (χ2n) is 3.65. The van der Waals surface area contributed by atoms with Crippen molar-refractivity contribution in [2.24, 2.45) is 5.73 Å². The lowest BCUT2D eigenvalue weighted by Crippen LogP contribution is -2.36. The van der Waals surface area contributed by atoms with Crippen molar-refractivity contribution in [3.8, 4) is 0 Å². The van der Waals surface area contributed by atoms with Crippen LogP contribution in [0.5, 0.6) is 0 Å². The van der Waals surface area contributed by atoms with E-state index in [1.165, 1.54) is 12.1 Å². The molecular formula is C10H10Cl3F3N2O2. The van der Waals surface area contributed by atoms with Crippen LogP contribution in [0.25, 0.3) is 0 Å². The average molecular weight is 354 g/mol. The van der Waals surface area contributed by atoms with E-state index in [-0.39, 0.29) is 29.3 Å². The summed E-state index contributed by atoms with van der Waals surface area (Å²) in [6.07, 6.45) is -5.97. The Morgan fingerprint density at radius 3 is 2.30 bits per heavy atom. The molecule has 114 valence electrons. The van der Waals surface area contributed by atoms with E-state index in [4.69, 9.17) is 28.9 Å². The van der Waals surface area contributed by atoms with E-state index in [1.54, 1.807) is 0 Å². The number of hydrogen-bond donors (Lipinski definition) is 1. The maximum Gasteiger partial charge on any atom is 0.391 e. The summed E-state index contributed by atoms with van der Waals surface area (Å²) in [7, 11) is 0. The van der Waals surface area contributed by atoms with Crippen molar-refractivity contribution in [2.45, 2.75) is 25.2 Å². The van der Waals surface area contributed by atoms with Crippen LogP contribution in [-0.2, 0) is 16.1 Å². The third kappa shape index (κ3) is 7.14. The molecule has 1 aromatic rings. The van der Waals surface area contributed by atoms with Gasteiger partial charge in [-0.3, -0.25) is 4.79 Å². The Bertz CT molecular complexity index is 451. The fraction of sp³-hybridized carbons (Fsp3) is 0.400. The first-order valence-corrected chi connectivity index (χ1v) is 5.74. The zero-order valence-corrected chi connectivity index (χ0v) is 12.1. The topological polar surface area (TPSA) is 65.2 Å². The molecule has 0 radical (unpaired) electrons. The number of rotatable bonds is 4. The maximum absolute atomic E-state index is 12.0. The number of ether oxygens (including phenoxy) is 1. The van der Waals surface area contributed by atoms with Gasteiger partial charge in [0.05, 0.1) is 6.42 Å². The van der Waals surface area contributed by atoms with Crippen LogP contribution in [0.15, 0.2) is 12.1 Å². The molecule has 2 N–H and O–H groups in total. The van der Waals surface area contributed by atoms with Crippen LogP contribution in [0.1, 0.15) is 12.0 Å². The number of alkyl halides is 3. The summed E-state index contributed by atoms with van der Waals surface area (Å²) in [5.74, 6) is -1.15. The van der Waals surface area contributed by atoms with Crippen LogP contribution in [-0.4, -0.2) is 23.2 Å². The van der Waals surface area contributed by atoms with Crippen molar-refractivity contribution in [3.05, 3.63) is 28.0 Å². The Morgan fingerprint density at radius 1 is 1.35 bits per heavy atom. The largest absolute Gasteiger partial charge is 0.460 e. The summed E-state index contributed by atoms with van der Waals surface area (Å²) >= 11 is 11.2. The van der Waals surface area contributed by atoms with Crippen LogP contribution in [0, 0.1) is 0 Å². The highest BCUT2D eigenvalue weighted by Crippen LogP contribution is 2.21. The molecule has 0 aliphatic rings. The van der Waals surface area contributed by atoms with Gasteiger partial charge in [0, 0.05) is 0 Å². The minimum Gasteiger partial charge on any atom is -0.460 e. The van der Waals surface area contributed by atoms with E-state index in [0.717, 1.165) is 0 Å². The van der Waals surface area contributed by atoms with Crippen LogP contribution < -0.4 is 5.73 Å². The molecule has 0 aliphatic carbocycles. The molecule has 0 saturated carbocycles. The highest BCUT2D eigenvalue weighted by molar-refractivity contribution is 6.32. The molecule has 4 nitrogen and oxygen atoms in total. The van der Waals surface area contributed by atoms with Crippen LogP contribution >= 0.6 is 35.6 Å². The summed E-state index contributed by atoms with van der Waals surface area (Å²) in [5, 5.41) is 0.163. The predicted molar refractivity (Wildman–Crippen MR) is 69.9 cm³/mol. The number of aromatic nitrogens is 1. The number of nitrogens with two attached hydrogens (primary N) is 1. The van der Waals surface area contributed by atoms with Crippen LogP contribution in [0.4, 0.5) is 13.2 Å².